The standard InChI is InChI=1S/C12H22ClN3O3/c1-12(17,11(18-4)19-5)10-9(13)8-14-16(10)7-6-15(2)3/h8,11,17H,6-7H2,1-5H3. The molecule has 1 N–H and O–H groups in total. The van der Waals surface area contributed by atoms with E-state index in [9.17, 15) is 5.11 Å². The van der Waals surface area contributed by atoms with Gasteiger partial charge in [-0.3, -0.25) is 4.68 Å². The van der Waals surface area contributed by atoms with Crippen molar-refractivity contribution in [3.8, 4) is 0 Å². The highest BCUT2D eigenvalue weighted by molar-refractivity contribution is 6.31. The number of hydrogen-bond donors (Lipinski definition) is 1. The Kier molecular flexibility index (Phi) is 5.76. The summed E-state index contributed by atoms with van der Waals surface area (Å²) in [5.41, 5.74) is -0.895. The minimum absolute atomic E-state index is 0.392. The highest BCUT2D eigenvalue weighted by Crippen LogP contribution is 2.32. The molecule has 0 radical (unpaired) electrons. The Bertz CT molecular complexity index is 403. The lowest BCUT2D eigenvalue weighted by atomic mass is 10.0. The van der Waals surface area contributed by atoms with E-state index in [0.29, 0.717) is 17.3 Å². The molecular formula is C12H22ClN3O3. The van der Waals surface area contributed by atoms with Crippen molar-refractivity contribution in [2.24, 2.45) is 0 Å². The van der Waals surface area contributed by atoms with Crippen molar-refractivity contribution in [2.45, 2.75) is 25.4 Å². The van der Waals surface area contributed by atoms with Gasteiger partial charge in [0.2, 0.25) is 0 Å². The number of ether oxygens (including phenoxy) is 2. The summed E-state index contributed by atoms with van der Waals surface area (Å²) in [6.07, 6.45) is 0.698. The van der Waals surface area contributed by atoms with Crippen LogP contribution in [0.1, 0.15) is 12.6 Å². The van der Waals surface area contributed by atoms with E-state index in [1.165, 1.54) is 20.4 Å². The second-order valence-corrected chi connectivity index (χ2v) is 5.23. The van der Waals surface area contributed by atoms with Crippen molar-refractivity contribution in [3.05, 3.63) is 16.9 Å². The van der Waals surface area contributed by atoms with Gasteiger partial charge in [0, 0.05) is 20.8 Å². The number of aromatic nitrogens is 2. The number of methoxy groups -OCH3 is 2. The smallest absolute Gasteiger partial charge is 0.191 e. The third kappa shape index (κ3) is 3.67. The Morgan fingerprint density at radius 3 is 2.53 bits per heavy atom. The molecule has 0 spiro atoms. The molecule has 1 heterocycles. The van der Waals surface area contributed by atoms with Crippen LogP contribution in [-0.4, -0.2) is 60.9 Å². The minimum atomic E-state index is -1.39. The lowest BCUT2D eigenvalue weighted by Gasteiger charge is -2.31. The van der Waals surface area contributed by atoms with Crippen molar-refractivity contribution < 1.29 is 14.6 Å². The van der Waals surface area contributed by atoms with Crippen LogP contribution in [0.5, 0.6) is 0 Å². The van der Waals surface area contributed by atoms with Crippen LogP contribution in [0.4, 0.5) is 0 Å². The maximum absolute atomic E-state index is 10.7. The molecule has 0 bridgehead atoms. The topological polar surface area (TPSA) is 59.8 Å². The summed E-state index contributed by atoms with van der Waals surface area (Å²) < 4.78 is 12.0. The van der Waals surface area contributed by atoms with E-state index in [4.69, 9.17) is 21.1 Å². The fourth-order valence-electron chi connectivity index (χ4n) is 2.00. The first-order valence-electron chi connectivity index (χ1n) is 5.99. The van der Waals surface area contributed by atoms with E-state index >= 15 is 0 Å². The van der Waals surface area contributed by atoms with Gasteiger partial charge in [-0.2, -0.15) is 5.10 Å². The molecule has 1 atom stereocenters. The van der Waals surface area contributed by atoms with Crippen LogP contribution in [0.2, 0.25) is 5.02 Å². The first-order valence-corrected chi connectivity index (χ1v) is 6.36. The fraction of sp³-hybridized carbons (Fsp3) is 0.750. The second-order valence-electron chi connectivity index (χ2n) is 4.82. The summed E-state index contributed by atoms with van der Waals surface area (Å²) >= 11 is 6.13. The van der Waals surface area contributed by atoms with Gasteiger partial charge in [-0.15, -0.1) is 0 Å². The van der Waals surface area contributed by atoms with Crippen LogP contribution < -0.4 is 0 Å². The number of hydrogen-bond acceptors (Lipinski definition) is 5. The van der Waals surface area contributed by atoms with Gasteiger partial charge in [0.15, 0.2) is 11.9 Å². The fourth-order valence-corrected chi connectivity index (χ4v) is 2.33. The SMILES string of the molecule is COC(OC)C(C)(O)c1c(Cl)cnn1CCN(C)C. The van der Waals surface area contributed by atoms with E-state index in [0.717, 1.165) is 6.54 Å². The Balaban J connectivity index is 3.07. The third-order valence-corrected chi connectivity index (χ3v) is 3.20. The average Bonchev–Trinajstić information content (AvgIpc) is 2.69. The van der Waals surface area contributed by atoms with Crippen molar-refractivity contribution in [3.63, 3.8) is 0 Å². The first-order chi connectivity index (χ1) is 8.84. The highest BCUT2D eigenvalue weighted by atomic mass is 35.5. The molecule has 0 aliphatic rings. The van der Waals surface area contributed by atoms with E-state index < -0.39 is 11.9 Å². The number of nitrogens with zero attached hydrogens (tertiary/aromatic N) is 3. The molecule has 7 heteroatoms. The molecule has 1 aromatic heterocycles. The Morgan fingerprint density at radius 1 is 1.47 bits per heavy atom. The molecule has 0 aliphatic carbocycles. The monoisotopic (exact) mass is 291 g/mol. The van der Waals surface area contributed by atoms with Crippen LogP contribution in [0, 0.1) is 0 Å². The molecule has 0 aromatic carbocycles. The van der Waals surface area contributed by atoms with Crippen molar-refractivity contribution in [2.75, 3.05) is 34.9 Å². The lowest BCUT2D eigenvalue weighted by Crippen LogP contribution is -2.41. The zero-order valence-corrected chi connectivity index (χ0v) is 12.8. The molecule has 6 nitrogen and oxygen atoms in total. The quantitative estimate of drug-likeness (QED) is 0.757. The Morgan fingerprint density at radius 2 is 2.05 bits per heavy atom. The predicted octanol–water partition coefficient (Wildman–Crippen LogP) is 0.924. The van der Waals surface area contributed by atoms with E-state index in [-0.39, 0.29) is 0 Å². The van der Waals surface area contributed by atoms with Crippen LogP contribution >= 0.6 is 11.6 Å². The summed E-state index contributed by atoms with van der Waals surface area (Å²) in [4.78, 5) is 2.03. The molecule has 0 aliphatic heterocycles. The second kappa shape index (κ2) is 6.67. The molecule has 0 amide bonds. The van der Waals surface area contributed by atoms with Gasteiger partial charge in [0.25, 0.3) is 0 Å². The minimum Gasteiger partial charge on any atom is -0.378 e. The molecule has 1 aromatic rings. The predicted molar refractivity (Wildman–Crippen MR) is 73.2 cm³/mol. The lowest BCUT2D eigenvalue weighted by molar-refractivity contribution is -0.215. The zero-order valence-electron chi connectivity index (χ0n) is 12.1. The molecule has 1 unspecified atom stereocenters. The summed E-state index contributed by atoms with van der Waals surface area (Å²) in [5, 5.41) is 15.2. The van der Waals surface area contributed by atoms with Crippen LogP contribution in [-0.2, 0) is 21.6 Å². The zero-order chi connectivity index (χ0) is 14.6. The van der Waals surface area contributed by atoms with Gasteiger partial charge in [-0.1, -0.05) is 11.6 Å². The van der Waals surface area contributed by atoms with Gasteiger partial charge in [-0.25, -0.2) is 0 Å². The maximum Gasteiger partial charge on any atom is 0.191 e. The normalized spacial score (nSPS) is 15.2. The number of aliphatic hydroxyl groups is 1. The Labute approximate surface area is 118 Å². The maximum atomic E-state index is 10.7. The molecule has 0 fully saturated rings. The average molecular weight is 292 g/mol. The van der Waals surface area contributed by atoms with Gasteiger partial charge >= 0.3 is 0 Å². The van der Waals surface area contributed by atoms with Crippen LogP contribution in [0.25, 0.3) is 0 Å². The summed E-state index contributed by atoms with van der Waals surface area (Å²) in [6, 6.07) is 0. The number of likely N-dealkylation sites (N-methyl/N-ethyl adjacent to an activating group) is 1. The van der Waals surface area contributed by atoms with Gasteiger partial charge in [0.05, 0.1) is 23.5 Å². The van der Waals surface area contributed by atoms with E-state index in [1.807, 2.05) is 19.0 Å². The van der Waals surface area contributed by atoms with Gasteiger partial charge in [-0.05, 0) is 21.0 Å². The molecule has 0 saturated carbocycles. The molecule has 1 rings (SSSR count). The molecule has 19 heavy (non-hydrogen) atoms. The van der Waals surface area contributed by atoms with E-state index in [2.05, 4.69) is 5.10 Å². The van der Waals surface area contributed by atoms with Crippen LogP contribution in [0.3, 0.4) is 0 Å². The highest BCUT2D eigenvalue weighted by Gasteiger charge is 2.39. The summed E-state index contributed by atoms with van der Waals surface area (Å²) in [5.74, 6) is 0. The molecular weight excluding hydrogens is 270 g/mol. The third-order valence-electron chi connectivity index (χ3n) is 2.92. The summed E-state index contributed by atoms with van der Waals surface area (Å²) in [6.45, 7) is 3.00. The van der Waals surface area contributed by atoms with Gasteiger partial charge < -0.3 is 19.5 Å². The van der Waals surface area contributed by atoms with E-state index in [1.54, 1.807) is 11.6 Å². The van der Waals surface area contributed by atoms with Crippen molar-refractivity contribution in [1.29, 1.82) is 0 Å². The molecule has 110 valence electrons. The van der Waals surface area contributed by atoms with Crippen molar-refractivity contribution >= 4 is 11.6 Å². The van der Waals surface area contributed by atoms with Crippen LogP contribution in [0.15, 0.2) is 6.20 Å². The number of rotatable bonds is 7. The largest absolute Gasteiger partial charge is 0.378 e. The first kappa shape index (κ1) is 16.4. The molecule has 0 saturated heterocycles. The number of halogens is 1. The Hall–Kier alpha value is -0.660. The summed E-state index contributed by atoms with van der Waals surface area (Å²) in [7, 11) is 6.88. The van der Waals surface area contributed by atoms with Gasteiger partial charge in [0.1, 0.15) is 0 Å². The van der Waals surface area contributed by atoms with Crippen molar-refractivity contribution in [1.82, 2.24) is 14.7 Å².